The van der Waals surface area contributed by atoms with Crippen molar-refractivity contribution in [3.05, 3.63) is 22.3 Å². The van der Waals surface area contributed by atoms with E-state index < -0.39 is 11.3 Å². The monoisotopic (exact) mass is 238 g/mol. The van der Waals surface area contributed by atoms with Gasteiger partial charge < -0.3 is 0 Å². The number of allylic oxidation sites excluding steroid dienone is 4. The predicted molar refractivity (Wildman–Crippen MR) is 54.0 cm³/mol. The van der Waals surface area contributed by atoms with E-state index in [9.17, 15) is 8.78 Å². The predicted octanol–water partition coefficient (Wildman–Crippen LogP) is 4.24. The van der Waals surface area contributed by atoms with Crippen LogP contribution in [0.4, 0.5) is 8.78 Å². The Hall–Kier alpha value is -0.0800. The van der Waals surface area contributed by atoms with E-state index in [-0.39, 0.29) is 5.03 Å². The van der Waals surface area contributed by atoms with Gasteiger partial charge in [0.1, 0.15) is 5.38 Å². The second-order valence-electron chi connectivity index (χ2n) is 3.69. The molecule has 78 valence electrons. The molecule has 2 aliphatic carbocycles. The van der Waals surface area contributed by atoms with Crippen LogP contribution in [0.3, 0.4) is 0 Å². The van der Waals surface area contributed by atoms with Crippen molar-refractivity contribution in [3.63, 3.8) is 0 Å². The molecule has 1 atom stereocenters. The highest BCUT2D eigenvalue weighted by atomic mass is 35.5. The van der Waals surface area contributed by atoms with E-state index in [2.05, 4.69) is 0 Å². The van der Waals surface area contributed by atoms with E-state index >= 15 is 0 Å². The van der Waals surface area contributed by atoms with Crippen molar-refractivity contribution in [1.82, 2.24) is 0 Å². The van der Waals surface area contributed by atoms with Crippen molar-refractivity contribution in [2.45, 2.75) is 37.0 Å². The first-order valence-electron chi connectivity index (χ1n) is 4.66. The second kappa shape index (κ2) is 3.49. The molecular weight excluding hydrogens is 229 g/mol. The summed E-state index contributed by atoms with van der Waals surface area (Å²) < 4.78 is 26.0. The number of alkyl halides is 3. The molecule has 0 spiro atoms. The zero-order chi connectivity index (χ0) is 10.3. The van der Waals surface area contributed by atoms with Gasteiger partial charge in [0.25, 0.3) is 0 Å². The fourth-order valence-corrected chi connectivity index (χ4v) is 2.70. The van der Waals surface area contributed by atoms with Gasteiger partial charge in [-0.15, -0.1) is 11.6 Å². The van der Waals surface area contributed by atoms with Crippen molar-refractivity contribution in [2.75, 3.05) is 0 Å². The lowest BCUT2D eigenvalue weighted by Crippen LogP contribution is -2.42. The molecule has 2 aliphatic rings. The largest absolute Gasteiger partial charge is 0.303 e. The first kappa shape index (κ1) is 10.4. The molecular formula is C10H10Cl2F2. The van der Waals surface area contributed by atoms with Crippen LogP contribution >= 0.6 is 23.2 Å². The molecule has 1 unspecified atom stereocenters. The van der Waals surface area contributed by atoms with Crippen molar-refractivity contribution < 1.29 is 8.78 Å². The quantitative estimate of drug-likeness (QED) is 0.600. The second-order valence-corrected chi connectivity index (χ2v) is 4.50. The molecule has 0 amide bonds. The summed E-state index contributed by atoms with van der Waals surface area (Å²) in [7, 11) is 0. The number of halogens is 4. The molecule has 4 heteroatoms. The summed E-state index contributed by atoms with van der Waals surface area (Å²) in [6.07, 6.45) is 5.90. The van der Waals surface area contributed by atoms with Gasteiger partial charge in [0.05, 0.1) is 5.03 Å². The summed E-state index contributed by atoms with van der Waals surface area (Å²) in [6.45, 7) is 0. The van der Waals surface area contributed by atoms with Crippen LogP contribution in [0.25, 0.3) is 0 Å². The van der Waals surface area contributed by atoms with Gasteiger partial charge in [0.2, 0.25) is 0 Å². The Kier molecular flexibility index (Phi) is 2.61. The molecule has 0 fully saturated rings. The molecule has 0 N–H and O–H groups in total. The van der Waals surface area contributed by atoms with E-state index in [0.29, 0.717) is 5.57 Å². The lowest BCUT2D eigenvalue weighted by molar-refractivity contribution is 0.0329. The Morgan fingerprint density at radius 1 is 1.36 bits per heavy atom. The standard InChI is InChI=1S/C10H10Cl2F2/c11-8-7(9(12)10(8,13)14)6-4-2-1-3-5-6/h4,8H,1-3,5H2. The Morgan fingerprint density at radius 2 is 2.07 bits per heavy atom. The first-order valence-corrected chi connectivity index (χ1v) is 5.48. The molecule has 0 aliphatic heterocycles. The third kappa shape index (κ3) is 1.40. The van der Waals surface area contributed by atoms with Gasteiger partial charge in [-0.25, -0.2) is 0 Å². The average Bonchev–Trinajstić information content (AvgIpc) is 2.20. The summed E-state index contributed by atoms with van der Waals surface area (Å²) in [5.74, 6) is -3.02. The first-order chi connectivity index (χ1) is 6.55. The van der Waals surface area contributed by atoms with Crippen molar-refractivity contribution in [1.29, 1.82) is 0 Å². The van der Waals surface area contributed by atoms with Gasteiger partial charge in [-0.05, 0) is 36.8 Å². The average molecular weight is 239 g/mol. The maximum absolute atomic E-state index is 13.0. The molecule has 0 aromatic carbocycles. The van der Waals surface area contributed by atoms with Crippen molar-refractivity contribution in [3.8, 4) is 0 Å². The third-order valence-corrected chi connectivity index (χ3v) is 3.69. The van der Waals surface area contributed by atoms with Gasteiger partial charge in [-0.2, -0.15) is 8.78 Å². The minimum Gasteiger partial charge on any atom is -0.198 e. The van der Waals surface area contributed by atoms with E-state index in [1.165, 1.54) is 0 Å². The summed E-state index contributed by atoms with van der Waals surface area (Å²) in [5, 5.41) is -1.58. The molecule has 0 bridgehead atoms. The maximum atomic E-state index is 13.0. The minimum absolute atomic E-state index is 0.356. The van der Waals surface area contributed by atoms with E-state index in [0.717, 1.165) is 31.3 Å². The van der Waals surface area contributed by atoms with Gasteiger partial charge in [-0.1, -0.05) is 17.7 Å². The zero-order valence-electron chi connectivity index (χ0n) is 7.49. The SMILES string of the molecule is FC1(F)C(Cl)=C(C2=CCCCC2)C1Cl. The summed E-state index contributed by atoms with van der Waals surface area (Å²) in [5.41, 5.74) is 1.39. The Bertz CT molecular complexity index is 318. The summed E-state index contributed by atoms with van der Waals surface area (Å²) in [6, 6.07) is 0. The van der Waals surface area contributed by atoms with E-state index in [4.69, 9.17) is 23.2 Å². The zero-order valence-corrected chi connectivity index (χ0v) is 9.01. The highest BCUT2D eigenvalue weighted by Crippen LogP contribution is 2.52. The summed E-state index contributed by atoms with van der Waals surface area (Å²) in [4.78, 5) is 0. The van der Waals surface area contributed by atoms with Crippen LogP contribution in [0.1, 0.15) is 25.7 Å². The fraction of sp³-hybridized carbons (Fsp3) is 0.600. The van der Waals surface area contributed by atoms with Crippen LogP contribution in [-0.4, -0.2) is 11.3 Å². The molecule has 0 aromatic rings. The fourth-order valence-electron chi connectivity index (χ4n) is 1.89. The molecule has 0 radical (unpaired) electrons. The summed E-state index contributed by atoms with van der Waals surface area (Å²) >= 11 is 11.1. The lowest BCUT2D eigenvalue weighted by Gasteiger charge is -2.36. The van der Waals surface area contributed by atoms with E-state index in [1.54, 1.807) is 0 Å². The van der Waals surface area contributed by atoms with Crippen molar-refractivity contribution in [2.24, 2.45) is 0 Å². The van der Waals surface area contributed by atoms with Crippen LogP contribution in [0.5, 0.6) is 0 Å². The highest BCUT2D eigenvalue weighted by molar-refractivity contribution is 6.37. The Labute approximate surface area is 91.6 Å². The normalized spacial score (nSPS) is 31.1. The van der Waals surface area contributed by atoms with Gasteiger partial charge >= 0.3 is 5.92 Å². The van der Waals surface area contributed by atoms with Crippen LogP contribution < -0.4 is 0 Å². The minimum atomic E-state index is -3.02. The smallest absolute Gasteiger partial charge is 0.198 e. The van der Waals surface area contributed by atoms with Crippen LogP contribution in [0, 0.1) is 0 Å². The molecule has 2 rings (SSSR count). The topological polar surface area (TPSA) is 0 Å². The highest BCUT2D eigenvalue weighted by Gasteiger charge is 2.55. The molecule has 0 nitrogen and oxygen atoms in total. The lowest BCUT2D eigenvalue weighted by atomic mass is 9.82. The number of rotatable bonds is 1. The Balaban J connectivity index is 2.28. The van der Waals surface area contributed by atoms with Crippen LogP contribution in [0.15, 0.2) is 22.3 Å². The Morgan fingerprint density at radius 3 is 2.57 bits per heavy atom. The molecule has 0 saturated heterocycles. The molecule has 14 heavy (non-hydrogen) atoms. The van der Waals surface area contributed by atoms with E-state index in [1.807, 2.05) is 6.08 Å². The third-order valence-electron chi connectivity index (χ3n) is 2.74. The van der Waals surface area contributed by atoms with Crippen LogP contribution in [0.2, 0.25) is 0 Å². The molecule has 0 aromatic heterocycles. The van der Waals surface area contributed by atoms with Gasteiger partial charge in [-0.3, -0.25) is 0 Å². The van der Waals surface area contributed by atoms with Crippen LogP contribution in [-0.2, 0) is 0 Å². The molecule has 0 saturated carbocycles. The van der Waals surface area contributed by atoms with Gasteiger partial charge in [0, 0.05) is 0 Å². The van der Waals surface area contributed by atoms with Crippen molar-refractivity contribution >= 4 is 23.2 Å². The number of hydrogen-bond donors (Lipinski definition) is 0. The maximum Gasteiger partial charge on any atom is 0.303 e. The van der Waals surface area contributed by atoms with Gasteiger partial charge in [0.15, 0.2) is 0 Å². The molecule has 0 heterocycles. The number of hydrogen-bond acceptors (Lipinski definition) is 0.